The standard InChI is InChI=1S/C13H16F2O/c1-9-4-5-13(16,7-9)8-10-6-11(14)2-3-12(10)15/h2-3,6,9,16H,4-5,7-8H2,1H3. The molecule has 0 bridgehead atoms. The summed E-state index contributed by atoms with van der Waals surface area (Å²) in [6, 6.07) is 3.39. The number of hydrogen-bond donors (Lipinski definition) is 1. The fourth-order valence-electron chi connectivity index (χ4n) is 2.56. The Morgan fingerprint density at radius 3 is 2.81 bits per heavy atom. The highest BCUT2D eigenvalue weighted by Gasteiger charge is 2.35. The molecule has 1 nitrogen and oxygen atoms in total. The van der Waals surface area contributed by atoms with Crippen molar-refractivity contribution in [3.8, 4) is 0 Å². The topological polar surface area (TPSA) is 20.2 Å². The molecule has 2 atom stereocenters. The van der Waals surface area contributed by atoms with Crippen molar-refractivity contribution < 1.29 is 13.9 Å². The summed E-state index contributed by atoms with van der Waals surface area (Å²) in [5.41, 5.74) is -0.578. The minimum atomic E-state index is -0.853. The lowest BCUT2D eigenvalue weighted by molar-refractivity contribution is 0.0437. The number of hydrogen-bond acceptors (Lipinski definition) is 1. The van der Waals surface area contributed by atoms with Crippen molar-refractivity contribution in [1.29, 1.82) is 0 Å². The Kier molecular flexibility index (Phi) is 2.98. The van der Waals surface area contributed by atoms with Gasteiger partial charge in [-0.25, -0.2) is 8.78 Å². The predicted molar refractivity (Wildman–Crippen MR) is 58.0 cm³/mol. The molecular weight excluding hydrogens is 210 g/mol. The van der Waals surface area contributed by atoms with E-state index in [1.165, 1.54) is 6.07 Å². The van der Waals surface area contributed by atoms with Gasteiger partial charge in [-0.2, -0.15) is 0 Å². The zero-order chi connectivity index (χ0) is 11.8. The molecule has 1 N–H and O–H groups in total. The van der Waals surface area contributed by atoms with Gasteiger partial charge in [0, 0.05) is 6.42 Å². The molecule has 0 spiro atoms. The third-order valence-electron chi connectivity index (χ3n) is 3.36. The first-order chi connectivity index (χ1) is 7.48. The lowest BCUT2D eigenvalue weighted by Gasteiger charge is -2.22. The largest absolute Gasteiger partial charge is 0.390 e. The minimum absolute atomic E-state index is 0.209. The fraction of sp³-hybridized carbons (Fsp3) is 0.538. The van der Waals surface area contributed by atoms with Gasteiger partial charge in [0.1, 0.15) is 11.6 Å². The van der Waals surface area contributed by atoms with Gasteiger partial charge in [0.05, 0.1) is 5.60 Å². The van der Waals surface area contributed by atoms with Crippen LogP contribution in [0.15, 0.2) is 18.2 Å². The van der Waals surface area contributed by atoms with Gasteiger partial charge >= 0.3 is 0 Å². The summed E-state index contributed by atoms with van der Waals surface area (Å²) < 4.78 is 26.4. The molecule has 2 rings (SSSR count). The van der Waals surface area contributed by atoms with Gasteiger partial charge in [0.2, 0.25) is 0 Å². The average molecular weight is 226 g/mol. The lowest BCUT2D eigenvalue weighted by Crippen LogP contribution is -2.28. The van der Waals surface area contributed by atoms with Gasteiger partial charge in [0.15, 0.2) is 0 Å². The van der Waals surface area contributed by atoms with Gasteiger partial charge in [-0.3, -0.25) is 0 Å². The quantitative estimate of drug-likeness (QED) is 0.821. The molecule has 0 aromatic heterocycles. The van der Waals surface area contributed by atoms with Crippen LogP contribution in [-0.4, -0.2) is 10.7 Å². The van der Waals surface area contributed by atoms with Crippen LogP contribution in [0.5, 0.6) is 0 Å². The molecule has 1 saturated carbocycles. The summed E-state index contributed by atoms with van der Waals surface area (Å²) in [5, 5.41) is 10.2. The van der Waals surface area contributed by atoms with E-state index in [9.17, 15) is 13.9 Å². The Morgan fingerprint density at radius 2 is 2.19 bits per heavy atom. The first-order valence-corrected chi connectivity index (χ1v) is 5.65. The van der Waals surface area contributed by atoms with Crippen molar-refractivity contribution in [1.82, 2.24) is 0 Å². The van der Waals surface area contributed by atoms with E-state index in [-0.39, 0.29) is 12.0 Å². The smallest absolute Gasteiger partial charge is 0.126 e. The molecule has 0 heterocycles. The summed E-state index contributed by atoms with van der Waals surface area (Å²) in [6.45, 7) is 2.07. The second-order valence-electron chi connectivity index (χ2n) is 4.98. The number of aliphatic hydroxyl groups is 1. The second-order valence-corrected chi connectivity index (χ2v) is 4.98. The monoisotopic (exact) mass is 226 g/mol. The molecular formula is C13H16F2O. The molecule has 1 fully saturated rings. The second kappa shape index (κ2) is 4.13. The zero-order valence-corrected chi connectivity index (χ0v) is 9.34. The molecule has 1 aromatic rings. The Bertz CT molecular complexity index is 392. The average Bonchev–Trinajstić information content (AvgIpc) is 2.52. The summed E-state index contributed by atoms with van der Waals surface area (Å²) in [7, 11) is 0. The third-order valence-corrected chi connectivity index (χ3v) is 3.36. The number of halogens is 2. The van der Waals surface area contributed by atoms with Gasteiger partial charge in [-0.15, -0.1) is 0 Å². The first kappa shape index (κ1) is 11.5. The Hall–Kier alpha value is -0.960. The van der Waals surface area contributed by atoms with Crippen LogP contribution in [0.3, 0.4) is 0 Å². The van der Waals surface area contributed by atoms with E-state index >= 15 is 0 Å². The molecule has 16 heavy (non-hydrogen) atoms. The summed E-state index contributed by atoms with van der Waals surface area (Å²) >= 11 is 0. The van der Waals surface area contributed by atoms with Crippen LogP contribution in [0.2, 0.25) is 0 Å². The highest BCUT2D eigenvalue weighted by atomic mass is 19.1. The van der Waals surface area contributed by atoms with Crippen LogP contribution >= 0.6 is 0 Å². The number of rotatable bonds is 2. The van der Waals surface area contributed by atoms with E-state index in [0.717, 1.165) is 18.6 Å². The van der Waals surface area contributed by atoms with E-state index in [1.807, 2.05) is 0 Å². The highest BCUT2D eigenvalue weighted by molar-refractivity contribution is 5.21. The molecule has 0 radical (unpaired) electrons. The van der Waals surface area contributed by atoms with Crippen LogP contribution in [-0.2, 0) is 6.42 Å². The summed E-state index contributed by atoms with van der Waals surface area (Å²) in [5.74, 6) is -0.429. The Labute approximate surface area is 94.1 Å². The van der Waals surface area contributed by atoms with E-state index in [1.54, 1.807) is 0 Å². The molecule has 1 aliphatic carbocycles. The molecule has 1 aromatic carbocycles. The summed E-state index contributed by atoms with van der Waals surface area (Å²) in [4.78, 5) is 0. The molecule has 1 aliphatic rings. The van der Waals surface area contributed by atoms with Crippen molar-refractivity contribution in [3.05, 3.63) is 35.4 Å². The molecule has 0 aliphatic heterocycles. The van der Waals surface area contributed by atoms with Gasteiger partial charge < -0.3 is 5.11 Å². The third kappa shape index (κ3) is 2.40. The molecule has 0 saturated heterocycles. The molecule has 0 amide bonds. The van der Waals surface area contributed by atoms with Gasteiger partial charge in [-0.05, 0) is 48.9 Å². The van der Waals surface area contributed by atoms with Gasteiger partial charge in [0.25, 0.3) is 0 Å². The highest BCUT2D eigenvalue weighted by Crippen LogP contribution is 2.37. The normalized spacial score (nSPS) is 29.6. The number of benzene rings is 1. The molecule has 2 unspecified atom stereocenters. The van der Waals surface area contributed by atoms with E-state index < -0.39 is 17.2 Å². The predicted octanol–water partition coefficient (Wildman–Crippen LogP) is 3.06. The Morgan fingerprint density at radius 1 is 1.44 bits per heavy atom. The maximum Gasteiger partial charge on any atom is 0.126 e. The van der Waals surface area contributed by atoms with E-state index in [0.29, 0.717) is 18.8 Å². The van der Waals surface area contributed by atoms with Crippen molar-refractivity contribution >= 4 is 0 Å². The van der Waals surface area contributed by atoms with Crippen LogP contribution in [0.1, 0.15) is 31.7 Å². The van der Waals surface area contributed by atoms with Crippen molar-refractivity contribution in [2.45, 2.75) is 38.2 Å². The lowest BCUT2D eigenvalue weighted by atomic mass is 9.92. The molecule has 3 heteroatoms. The van der Waals surface area contributed by atoms with Crippen molar-refractivity contribution in [2.24, 2.45) is 5.92 Å². The van der Waals surface area contributed by atoms with Crippen LogP contribution in [0.4, 0.5) is 8.78 Å². The summed E-state index contributed by atoms with van der Waals surface area (Å²) in [6.07, 6.45) is 2.50. The van der Waals surface area contributed by atoms with E-state index in [4.69, 9.17) is 0 Å². The Balaban J connectivity index is 2.17. The molecule has 88 valence electrons. The van der Waals surface area contributed by atoms with Gasteiger partial charge in [-0.1, -0.05) is 6.92 Å². The fourth-order valence-corrected chi connectivity index (χ4v) is 2.56. The van der Waals surface area contributed by atoms with E-state index in [2.05, 4.69) is 6.92 Å². The van der Waals surface area contributed by atoms with Crippen molar-refractivity contribution in [3.63, 3.8) is 0 Å². The maximum absolute atomic E-state index is 13.4. The SMILES string of the molecule is CC1CCC(O)(Cc2cc(F)ccc2F)C1. The maximum atomic E-state index is 13.4. The van der Waals surface area contributed by atoms with Crippen LogP contribution in [0, 0.1) is 17.6 Å². The van der Waals surface area contributed by atoms with Crippen LogP contribution < -0.4 is 0 Å². The van der Waals surface area contributed by atoms with Crippen molar-refractivity contribution in [2.75, 3.05) is 0 Å². The minimum Gasteiger partial charge on any atom is -0.390 e. The van der Waals surface area contributed by atoms with Crippen LogP contribution in [0.25, 0.3) is 0 Å². The zero-order valence-electron chi connectivity index (χ0n) is 9.34. The first-order valence-electron chi connectivity index (χ1n) is 5.65.